The molecule has 3 rings (SSSR count). The van der Waals surface area contributed by atoms with Crippen LogP contribution in [-0.4, -0.2) is 20.0 Å². The zero-order valence-corrected chi connectivity index (χ0v) is 13.4. The van der Waals surface area contributed by atoms with Crippen LogP contribution in [0.4, 0.5) is 22.9 Å². The number of rotatable bonds is 3. The summed E-state index contributed by atoms with van der Waals surface area (Å²) >= 11 is 5.44. The number of aromatic nitrogens is 3. The van der Waals surface area contributed by atoms with E-state index in [9.17, 15) is 17.1 Å². The summed E-state index contributed by atoms with van der Waals surface area (Å²) in [6.45, 7) is 0. The highest BCUT2D eigenvalue weighted by Crippen LogP contribution is 2.40. The van der Waals surface area contributed by atoms with Crippen LogP contribution in [0.5, 0.6) is 0 Å². The Labute approximate surface area is 139 Å². The Morgan fingerprint density at radius 2 is 1.91 bits per heavy atom. The van der Waals surface area contributed by atoms with Crippen molar-refractivity contribution in [3.05, 3.63) is 17.0 Å². The van der Waals surface area contributed by atoms with Crippen molar-refractivity contribution in [3.63, 3.8) is 0 Å². The first-order valence-electron chi connectivity index (χ1n) is 7.11. The lowest BCUT2D eigenvalue weighted by Crippen LogP contribution is -2.23. The van der Waals surface area contributed by atoms with Crippen molar-refractivity contribution in [3.8, 4) is 0 Å². The highest BCUT2D eigenvalue weighted by molar-refractivity contribution is 7.92. The van der Waals surface area contributed by atoms with Gasteiger partial charge in [0.1, 0.15) is 5.82 Å². The molecule has 1 aliphatic rings. The number of hydrogen-bond donors (Lipinski definition) is 1. The molecule has 126 valence electrons. The second kappa shape index (κ2) is 6.35. The van der Waals surface area contributed by atoms with E-state index in [2.05, 4.69) is 15.3 Å². The maximum Gasteiger partial charge on any atom is 0.418 e. The summed E-state index contributed by atoms with van der Waals surface area (Å²) < 4.78 is 53.5. The molecule has 4 nitrogen and oxygen atoms in total. The van der Waals surface area contributed by atoms with E-state index in [1.165, 1.54) is 0 Å². The Hall–Kier alpha value is -1.22. The molecule has 2 aromatic heterocycles. The second-order valence-electron chi connectivity index (χ2n) is 5.45. The van der Waals surface area contributed by atoms with Crippen LogP contribution in [0.15, 0.2) is 6.20 Å². The SMILES string of the molecule is FSn1cc(C(F)(F)F)c2c(NC3CCCCC3)nc(Cl)nc21. The summed E-state index contributed by atoms with van der Waals surface area (Å²) in [7, 11) is 0. The van der Waals surface area contributed by atoms with Gasteiger partial charge in [-0.3, -0.25) is 0 Å². The van der Waals surface area contributed by atoms with Crippen LogP contribution >= 0.6 is 23.9 Å². The van der Waals surface area contributed by atoms with Crippen LogP contribution in [-0.2, 0) is 6.18 Å². The minimum atomic E-state index is -4.64. The molecule has 1 aliphatic carbocycles. The first-order valence-corrected chi connectivity index (χ1v) is 8.16. The minimum Gasteiger partial charge on any atom is -0.367 e. The van der Waals surface area contributed by atoms with Crippen molar-refractivity contribution in [2.45, 2.75) is 44.3 Å². The van der Waals surface area contributed by atoms with Crippen molar-refractivity contribution >= 4 is 40.8 Å². The number of anilines is 1. The average molecular weight is 369 g/mol. The van der Waals surface area contributed by atoms with Gasteiger partial charge in [-0.2, -0.15) is 18.2 Å². The summed E-state index contributed by atoms with van der Waals surface area (Å²) in [4.78, 5) is 7.67. The molecule has 2 heterocycles. The Kier molecular flexibility index (Phi) is 4.59. The van der Waals surface area contributed by atoms with Crippen molar-refractivity contribution in [1.82, 2.24) is 13.9 Å². The molecule has 0 bridgehead atoms. The maximum absolute atomic E-state index is 13.3. The number of nitrogens with zero attached hydrogens (tertiary/aromatic N) is 3. The number of halogens is 5. The lowest BCUT2D eigenvalue weighted by molar-refractivity contribution is -0.136. The highest BCUT2D eigenvalue weighted by atomic mass is 35.5. The van der Waals surface area contributed by atoms with Crippen LogP contribution < -0.4 is 5.32 Å². The molecule has 0 aliphatic heterocycles. The van der Waals surface area contributed by atoms with Crippen molar-refractivity contribution in [2.75, 3.05) is 5.32 Å². The minimum absolute atomic E-state index is 0.00650. The second-order valence-corrected chi connectivity index (χ2v) is 6.32. The summed E-state index contributed by atoms with van der Waals surface area (Å²) in [5, 5.41) is 2.56. The molecule has 1 fully saturated rings. The molecule has 1 N–H and O–H groups in total. The van der Waals surface area contributed by atoms with Gasteiger partial charge in [0.25, 0.3) is 0 Å². The van der Waals surface area contributed by atoms with Gasteiger partial charge in [0.15, 0.2) is 18.0 Å². The molecule has 1 saturated carbocycles. The fourth-order valence-corrected chi connectivity index (χ4v) is 3.39. The Morgan fingerprint density at radius 1 is 1.22 bits per heavy atom. The van der Waals surface area contributed by atoms with E-state index >= 15 is 0 Å². The monoisotopic (exact) mass is 368 g/mol. The first-order chi connectivity index (χ1) is 10.9. The summed E-state index contributed by atoms with van der Waals surface area (Å²) in [5.74, 6) is 0.00650. The predicted octanol–water partition coefficient (Wildman–Crippen LogP) is 5.23. The fraction of sp³-hybridized carbons (Fsp3) is 0.538. The standard InChI is InChI=1S/C13H13ClF4N4S/c14-12-20-10(19-7-4-2-1-3-5-7)9-8(13(15,16)17)6-22(23-18)11(9)21-12/h6-7H,1-5H2,(H,19,20,21). The van der Waals surface area contributed by atoms with E-state index in [1.54, 1.807) is 0 Å². The predicted molar refractivity (Wildman–Crippen MR) is 82.1 cm³/mol. The fourth-order valence-electron chi connectivity index (χ4n) is 2.89. The smallest absolute Gasteiger partial charge is 0.367 e. The molecular formula is C13H13ClF4N4S. The van der Waals surface area contributed by atoms with E-state index in [-0.39, 0.29) is 40.5 Å². The summed E-state index contributed by atoms with van der Waals surface area (Å²) in [6, 6.07) is 0.0281. The van der Waals surface area contributed by atoms with Gasteiger partial charge in [-0.15, -0.1) is 3.89 Å². The van der Waals surface area contributed by atoms with Gasteiger partial charge in [0.05, 0.1) is 10.9 Å². The normalized spacial score (nSPS) is 16.9. The van der Waals surface area contributed by atoms with Crippen LogP contribution in [0.3, 0.4) is 0 Å². The van der Waals surface area contributed by atoms with Crippen LogP contribution in [0.25, 0.3) is 11.0 Å². The average Bonchev–Trinajstić information content (AvgIpc) is 2.87. The molecule has 0 spiro atoms. The summed E-state index contributed by atoms with van der Waals surface area (Å²) in [5.41, 5.74) is -1.17. The van der Waals surface area contributed by atoms with E-state index in [0.717, 1.165) is 32.1 Å². The van der Waals surface area contributed by atoms with Crippen molar-refractivity contribution in [1.29, 1.82) is 0 Å². The lowest BCUT2D eigenvalue weighted by Gasteiger charge is -2.23. The van der Waals surface area contributed by atoms with Gasteiger partial charge < -0.3 is 5.32 Å². The van der Waals surface area contributed by atoms with E-state index in [0.29, 0.717) is 10.2 Å². The van der Waals surface area contributed by atoms with E-state index in [4.69, 9.17) is 11.6 Å². The van der Waals surface area contributed by atoms with Gasteiger partial charge in [-0.05, 0) is 24.4 Å². The Bertz CT molecular complexity index is 712. The first kappa shape index (κ1) is 16.6. The molecule has 0 unspecified atom stereocenters. The number of alkyl halides is 3. The molecule has 23 heavy (non-hydrogen) atoms. The third kappa shape index (κ3) is 3.35. The molecule has 0 radical (unpaired) electrons. The maximum atomic E-state index is 13.3. The highest BCUT2D eigenvalue weighted by Gasteiger charge is 2.37. The Balaban J connectivity index is 2.13. The molecule has 0 saturated heterocycles. The topological polar surface area (TPSA) is 42.7 Å². The van der Waals surface area contributed by atoms with Gasteiger partial charge in [0.2, 0.25) is 5.28 Å². The van der Waals surface area contributed by atoms with Gasteiger partial charge >= 0.3 is 6.18 Å². The van der Waals surface area contributed by atoms with Crippen molar-refractivity contribution < 1.29 is 17.1 Å². The Morgan fingerprint density at radius 3 is 2.52 bits per heavy atom. The van der Waals surface area contributed by atoms with Crippen LogP contribution in [0.1, 0.15) is 37.7 Å². The molecule has 0 atom stereocenters. The number of hydrogen-bond acceptors (Lipinski definition) is 4. The number of nitrogens with one attached hydrogen (secondary N) is 1. The third-order valence-electron chi connectivity index (χ3n) is 3.91. The molecule has 0 aromatic carbocycles. The lowest BCUT2D eigenvalue weighted by atomic mass is 9.95. The van der Waals surface area contributed by atoms with Gasteiger partial charge in [-0.1, -0.05) is 19.3 Å². The van der Waals surface area contributed by atoms with E-state index < -0.39 is 11.7 Å². The molecule has 10 heteroatoms. The third-order valence-corrected chi connectivity index (χ3v) is 4.51. The van der Waals surface area contributed by atoms with Crippen molar-refractivity contribution in [2.24, 2.45) is 0 Å². The number of fused-ring (bicyclic) bond motifs is 1. The van der Waals surface area contributed by atoms with Crippen LogP contribution in [0, 0.1) is 0 Å². The zero-order valence-electron chi connectivity index (χ0n) is 11.8. The van der Waals surface area contributed by atoms with Crippen LogP contribution in [0.2, 0.25) is 5.28 Å². The molecular weight excluding hydrogens is 356 g/mol. The van der Waals surface area contributed by atoms with E-state index in [1.807, 2.05) is 0 Å². The molecule has 0 amide bonds. The van der Waals surface area contributed by atoms with Gasteiger partial charge in [0, 0.05) is 12.2 Å². The zero-order chi connectivity index (χ0) is 16.6. The quantitative estimate of drug-likeness (QED) is 0.595. The molecule has 2 aromatic rings. The summed E-state index contributed by atoms with van der Waals surface area (Å²) in [6.07, 6.45) is 0.860. The largest absolute Gasteiger partial charge is 0.418 e. The van der Waals surface area contributed by atoms with Gasteiger partial charge in [-0.25, -0.2) is 8.96 Å².